The first kappa shape index (κ1) is 29.9. The molecule has 2 aromatic rings. The average molecular weight is 582 g/mol. The minimum Gasteiger partial charge on any atom is -0.380 e. The number of nitro benzene ring substituents is 1. The summed E-state index contributed by atoms with van der Waals surface area (Å²) in [5, 5.41) is 14.7. The highest BCUT2D eigenvalue weighted by atomic mass is 35.5. The number of benzene rings is 2. The van der Waals surface area contributed by atoms with E-state index in [0.29, 0.717) is 37.8 Å². The van der Waals surface area contributed by atoms with Gasteiger partial charge in [-0.2, -0.15) is 13.2 Å². The van der Waals surface area contributed by atoms with Crippen LogP contribution in [0.1, 0.15) is 32.3 Å². The number of nitrogens with one attached hydrogen (secondary N) is 1. The summed E-state index contributed by atoms with van der Waals surface area (Å²) in [4.78, 5) is 29.3. The molecule has 3 aliphatic heterocycles. The molecule has 12 heteroatoms. The fraction of sp³-hybridized carbons (Fsp3) is 0.536. The summed E-state index contributed by atoms with van der Waals surface area (Å²) >= 11 is 6.01. The van der Waals surface area contributed by atoms with Crippen LogP contribution in [0.2, 0.25) is 5.02 Å². The highest BCUT2D eigenvalue weighted by Crippen LogP contribution is 2.38. The van der Waals surface area contributed by atoms with Crippen molar-refractivity contribution in [2.45, 2.75) is 38.9 Å². The van der Waals surface area contributed by atoms with Gasteiger partial charge >= 0.3 is 6.18 Å². The lowest BCUT2D eigenvalue weighted by atomic mass is 10.0. The summed E-state index contributed by atoms with van der Waals surface area (Å²) in [5.74, 6) is 1.30. The van der Waals surface area contributed by atoms with Crippen LogP contribution in [0.15, 0.2) is 42.5 Å². The van der Waals surface area contributed by atoms with E-state index in [2.05, 4.69) is 27.2 Å². The second-order valence-electron chi connectivity index (χ2n) is 10.7. The largest absolute Gasteiger partial charge is 0.423 e. The maximum atomic E-state index is 13.3. The van der Waals surface area contributed by atoms with E-state index >= 15 is 0 Å². The van der Waals surface area contributed by atoms with Crippen LogP contribution >= 0.6 is 11.6 Å². The molecule has 5 rings (SSSR count). The number of nitrogens with zero attached hydrogens (tertiary/aromatic N) is 4. The van der Waals surface area contributed by atoms with E-state index in [1.54, 1.807) is 4.90 Å². The molecule has 0 aliphatic carbocycles. The van der Waals surface area contributed by atoms with E-state index in [0.717, 1.165) is 56.3 Å². The Morgan fingerprint density at radius 1 is 1.05 bits per heavy atom. The zero-order valence-electron chi connectivity index (χ0n) is 21.4. The molecule has 0 saturated carbocycles. The summed E-state index contributed by atoms with van der Waals surface area (Å²) in [6.07, 6.45) is -3.03. The number of carbonyl (C=O) groups is 1. The summed E-state index contributed by atoms with van der Waals surface area (Å²) in [7, 11) is 0. The van der Waals surface area contributed by atoms with Gasteiger partial charge in [0.2, 0.25) is 5.91 Å². The van der Waals surface area contributed by atoms with Crippen LogP contribution in [0.3, 0.4) is 0 Å². The van der Waals surface area contributed by atoms with Crippen LogP contribution in [0.5, 0.6) is 0 Å². The smallest absolute Gasteiger partial charge is 0.380 e. The summed E-state index contributed by atoms with van der Waals surface area (Å²) in [6.45, 7) is 5.93. The van der Waals surface area contributed by atoms with E-state index in [9.17, 15) is 28.1 Å². The van der Waals surface area contributed by atoms with Crippen molar-refractivity contribution >= 4 is 34.6 Å². The topological polar surface area (TPSA) is 82.0 Å². The average Bonchev–Trinajstić information content (AvgIpc) is 3.59. The Morgan fingerprint density at radius 2 is 1.73 bits per heavy atom. The standard InChI is InChI=1S/C27H31ClF3N5O3.CH4/c28-20-3-6-23(7-4-20)35-15-18-13-33(14-19(18)16-35)10-1-2-26(37)34-11-9-22(17-34)32-21-5-8-25(36(38)39)24(12-21)27(29,30)31;/h3-8,12,18-19,22,32H,1-2,9-11,13-17H2;1H4/t18?,19?,22-;/m1./s1. The van der Waals surface area contributed by atoms with Gasteiger partial charge < -0.3 is 20.0 Å². The first-order valence-corrected chi connectivity index (χ1v) is 13.6. The molecule has 8 nitrogen and oxygen atoms in total. The number of anilines is 2. The number of nitro groups is 1. The fourth-order valence-corrected chi connectivity index (χ4v) is 6.23. The molecular weight excluding hydrogens is 547 g/mol. The van der Waals surface area contributed by atoms with Crippen molar-refractivity contribution < 1.29 is 22.9 Å². The van der Waals surface area contributed by atoms with Gasteiger partial charge in [0, 0.05) is 74.2 Å². The summed E-state index contributed by atoms with van der Waals surface area (Å²) < 4.78 is 39.8. The molecule has 40 heavy (non-hydrogen) atoms. The van der Waals surface area contributed by atoms with Crippen LogP contribution in [-0.4, -0.2) is 72.5 Å². The molecule has 218 valence electrons. The first-order valence-electron chi connectivity index (χ1n) is 13.2. The zero-order chi connectivity index (χ0) is 27.7. The third kappa shape index (κ3) is 6.80. The number of rotatable bonds is 8. The maximum absolute atomic E-state index is 13.3. The Morgan fingerprint density at radius 3 is 2.35 bits per heavy atom. The predicted molar refractivity (Wildman–Crippen MR) is 150 cm³/mol. The highest BCUT2D eigenvalue weighted by molar-refractivity contribution is 6.30. The number of carbonyl (C=O) groups excluding carboxylic acids is 1. The van der Waals surface area contributed by atoms with Gasteiger partial charge in [0.25, 0.3) is 5.69 Å². The van der Waals surface area contributed by atoms with Gasteiger partial charge in [-0.15, -0.1) is 0 Å². The lowest BCUT2D eigenvalue weighted by Gasteiger charge is -2.23. The van der Waals surface area contributed by atoms with E-state index < -0.39 is 22.4 Å². The lowest BCUT2D eigenvalue weighted by molar-refractivity contribution is -0.388. The number of alkyl halides is 3. The van der Waals surface area contributed by atoms with Gasteiger partial charge in [-0.3, -0.25) is 14.9 Å². The molecule has 2 unspecified atom stereocenters. The first-order chi connectivity index (χ1) is 18.6. The minimum absolute atomic E-state index is 0. The molecule has 3 atom stereocenters. The maximum Gasteiger partial charge on any atom is 0.423 e. The van der Waals surface area contributed by atoms with Gasteiger partial charge in [0.15, 0.2) is 0 Å². The Hall–Kier alpha value is -3.05. The summed E-state index contributed by atoms with van der Waals surface area (Å²) in [5.41, 5.74) is -0.899. The molecule has 0 aromatic heterocycles. The number of hydrogen-bond acceptors (Lipinski definition) is 6. The molecule has 3 fully saturated rings. The Kier molecular flexibility index (Phi) is 9.14. The number of amides is 1. The quantitative estimate of drug-likeness (QED) is 0.315. The van der Waals surface area contributed by atoms with E-state index in [1.165, 1.54) is 11.8 Å². The van der Waals surface area contributed by atoms with Crippen molar-refractivity contribution in [3.05, 3.63) is 63.2 Å². The van der Waals surface area contributed by atoms with Crippen LogP contribution in [0.25, 0.3) is 0 Å². The second-order valence-corrected chi connectivity index (χ2v) is 11.2. The van der Waals surface area contributed by atoms with E-state index in [1.807, 2.05) is 12.1 Å². The molecule has 0 radical (unpaired) electrons. The Bertz CT molecular complexity index is 1200. The normalized spacial score (nSPS) is 22.8. The van der Waals surface area contributed by atoms with Crippen molar-refractivity contribution in [1.29, 1.82) is 0 Å². The third-order valence-electron chi connectivity index (χ3n) is 8.03. The summed E-state index contributed by atoms with van der Waals surface area (Å²) in [6, 6.07) is 10.7. The fourth-order valence-electron chi connectivity index (χ4n) is 6.10. The van der Waals surface area contributed by atoms with E-state index in [-0.39, 0.29) is 25.1 Å². The predicted octanol–water partition coefficient (Wildman–Crippen LogP) is 5.76. The number of hydrogen-bond donors (Lipinski definition) is 1. The van der Waals surface area contributed by atoms with Crippen molar-refractivity contribution in [1.82, 2.24) is 9.80 Å². The Balaban J connectivity index is 0.00000370. The van der Waals surface area contributed by atoms with Crippen LogP contribution in [0.4, 0.5) is 30.2 Å². The Labute approximate surface area is 237 Å². The highest BCUT2D eigenvalue weighted by Gasteiger charge is 2.40. The van der Waals surface area contributed by atoms with Crippen LogP contribution < -0.4 is 10.2 Å². The molecule has 2 aromatic carbocycles. The molecule has 3 saturated heterocycles. The van der Waals surface area contributed by atoms with Crippen LogP contribution in [-0.2, 0) is 11.0 Å². The number of likely N-dealkylation sites (tertiary alicyclic amines) is 2. The minimum atomic E-state index is -4.83. The van der Waals surface area contributed by atoms with Gasteiger partial charge in [-0.05, 0) is 67.6 Å². The van der Waals surface area contributed by atoms with Crippen molar-refractivity contribution in [2.24, 2.45) is 11.8 Å². The van der Waals surface area contributed by atoms with Gasteiger partial charge in [-0.25, -0.2) is 0 Å². The molecule has 0 spiro atoms. The van der Waals surface area contributed by atoms with Gasteiger partial charge in [0.1, 0.15) is 5.56 Å². The zero-order valence-corrected chi connectivity index (χ0v) is 22.1. The second kappa shape index (κ2) is 12.2. The van der Waals surface area contributed by atoms with Crippen molar-refractivity contribution in [3.63, 3.8) is 0 Å². The monoisotopic (exact) mass is 581 g/mol. The SMILES string of the molecule is C.O=C(CCCN1CC2CN(c3ccc(Cl)cc3)CC2C1)N1CC[C@@H](Nc2ccc([N+](=O)[O-])c(C(F)(F)F)c2)C1. The number of halogens is 4. The molecule has 3 heterocycles. The number of fused-ring (bicyclic) bond motifs is 1. The lowest BCUT2D eigenvalue weighted by Crippen LogP contribution is -2.33. The van der Waals surface area contributed by atoms with E-state index in [4.69, 9.17) is 11.6 Å². The molecular formula is C28H35ClF3N5O3. The molecule has 3 aliphatic rings. The molecule has 1 N–H and O–H groups in total. The van der Waals surface area contributed by atoms with Crippen molar-refractivity contribution in [3.8, 4) is 0 Å². The van der Waals surface area contributed by atoms with Crippen molar-refractivity contribution in [2.75, 3.05) is 56.0 Å². The third-order valence-corrected chi connectivity index (χ3v) is 8.28. The van der Waals surface area contributed by atoms with Crippen LogP contribution in [0, 0.1) is 22.0 Å². The van der Waals surface area contributed by atoms with Gasteiger partial charge in [-0.1, -0.05) is 19.0 Å². The molecule has 0 bridgehead atoms. The molecule has 1 amide bonds. The van der Waals surface area contributed by atoms with Gasteiger partial charge in [0.05, 0.1) is 4.92 Å².